The highest BCUT2D eigenvalue weighted by Gasteiger charge is 2.42. The van der Waals surface area contributed by atoms with Gasteiger partial charge >= 0.3 is 0 Å². The van der Waals surface area contributed by atoms with Crippen LogP contribution in [0.5, 0.6) is 0 Å². The van der Waals surface area contributed by atoms with Crippen molar-refractivity contribution in [2.75, 3.05) is 0 Å². The zero-order valence-electron chi connectivity index (χ0n) is 17.7. The molecule has 0 unspecified atom stereocenters. The molecule has 5 heteroatoms. The fraction of sp³-hybridized carbons (Fsp3) is 0.333. The lowest BCUT2D eigenvalue weighted by molar-refractivity contribution is 0.269. The quantitative estimate of drug-likeness (QED) is 0.608. The Hall–Kier alpha value is -2.66. The Balaban J connectivity index is 1.85. The van der Waals surface area contributed by atoms with Gasteiger partial charge in [0.25, 0.3) is 0 Å². The maximum atomic E-state index is 5.74. The first-order valence-corrected chi connectivity index (χ1v) is 10.5. The van der Waals surface area contributed by atoms with Gasteiger partial charge in [-0.25, -0.2) is 0 Å². The lowest BCUT2D eigenvalue weighted by atomic mass is 9.96. The Labute approximate surface area is 178 Å². The average Bonchev–Trinajstić information content (AvgIpc) is 3.19. The van der Waals surface area contributed by atoms with E-state index in [4.69, 9.17) is 12.2 Å². The summed E-state index contributed by atoms with van der Waals surface area (Å²) < 4.78 is 2.34. The van der Waals surface area contributed by atoms with Crippen LogP contribution in [-0.4, -0.2) is 25.6 Å². The van der Waals surface area contributed by atoms with E-state index in [1.807, 2.05) is 18.3 Å². The lowest BCUT2D eigenvalue weighted by Crippen LogP contribution is -2.35. The Morgan fingerprint density at radius 2 is 1.76 bits per heavy atom. The molecule has 29 heavy (non-hydrogen) atoms. The van der Waals surface area contributed by atoms with Crippen LogP contribution >= 0.6 is 12.2 Å². The van der Waals surface area contributed by atoms with Gasteiger partial charge in [0.1, 0.15) is 0 Å². The van der Waals surface area contributed by atoms with Crippen molar-refractivity contribution in [2.24, 2.45) is 0 Å². The van der Waals surface area contributed by atoms with E-state index in [9.17, 15) is 0 Å². The normalized spacial score (nSPS) is 19.1. The fourth-order valence-corrected chi connectivity index (χ4v) is 4.88. The smallest absolute Gasteiger partial charge is 0.170 e. The van der Waals surface area contributed by atoms with Crippen molar-refractivity contribution >= 4 is 17.3 Å². The molecule has 1 aliphatic heterocycles. The van der Waals surface area contributed by atoms with Crippen molar-refractivity contribution in [1.29, 1.82) is 0 Å². The molecule has 0 bridgehead atoms. The summed E-state index contributed by atoms with van der Waals surface area (Å²) in [5.41, 5.74) is 7.24. The van der Waals surface area contributed by atoms with Gasteiger partial charge in [-0.05, 0) is 82.7 Å². The third kappa shape index (κ3) is 3.44. The molecule has 0 saturated carbocycles. The van der Waals surface area contributed by atoms with Crippen LogP contribution < -0.4 is 5.32 Å². The van der Waals surface area contributed by atoms with Crippen LogP contribution in [-0.2, 0) is 0 Å². The van der Waals surface area contributed by atoms with Crippen molar-refractivity contribution in [2.45, 2.75) is 52.7 Å². The third-order valence-corrected chi connectivity index (χ3v) is 6.10. The molecular weight excluding hydrogens is 376 g/mol. The van der Waals surface area contributed by atoms with E-state index in [0.717, 1.165) is 10.8 Å². The molecule has 1 fully saturated rings. The van der Waals surface area contributed by atoms with Crippen molar-refractivity contribution in [1.82, 2.24) is 19.8 Å². The van der Waals surface area contributed by atoms with Crippen molar-refractivity contribution in [3.05, 3.63) is 82.9 Å². The minimum Gasteiger partial charge on any atom is -0.352 e. The summed E-state index contributed by atoms with van der Waals surface area (Å²) in [6.45, 7) is 10.9. The molecule has 2 atom stereocenters. The van der Waals surface area contributed by atoms with Gasteiger partial charge < -0.3 is 14.8 Å². The first-order valence-electron chi connectivity index (χ1n) is 10.1. The largest absolute Gasteiger partial charge is 0.352 e. The highest BCUT2D eigenvalue weighted by atomic mass is 32.1. The van der Waals surface area contributed by atoms with E-state index < -0.39 is 0 Å². The second-order valence-electron chi connectivity index (χ2n) is 8.13. The fourth-order valence-electron chi connectivity index (χ4n) is 4.43. The molecule has 0 radical (unpaired) electrons. The molecule has 1 N–H and O–H groups in total. The number of benzene rings is 1. The predicted octanol–water partition coefficient (Wildman–Crippen LogP) is 5.18. The molecule has 3 aromatic rings. The van der Waals surface area contributed by atoms with Crippen molar-refractivity contribution in [3.8, 4) is 5.69 Å². The van der Waals surface area contributed by atoms with E-state index in [1.54, 1.807) is 0 Å². The standard InChI is InChI=1S/C24H28N4S/c1-15(2)27-23(22(26-24(27)29)21-8-6-7-13-25-21)20-14-17(4)28(18(20)5)19-11-9-16(3)10-12-19/h6-15,22-23H,1-5H3,(H,26,29)/t22-,23+/m1/s1. The van der Waals surface area contributed by atoms with E-state index >= 15 is 0 Å². The van der Waals surface area contributed by atoms with E-state index in [-0.39, 0.29) is 18.1 Å². The SMILES string of the molecule is Cc1ccc(-n2c(C)cc([C@H]3[C@@H](c4ccccn4)NC(=S)N3C(C)C)c2C)cc1. The summed E-state index contributed by atoms with van der Waals surface area (Å²) in [5.74, 6) is 0. The summed E-state index contributed by atoms with van der Waals surface area (Å²) in [6.07, 6.45) is 1.85. The third-order valence-electron chi connectivity index (χ3n) is 5.77. The summed E-state index contributed by atoms with van der Waals surface area (Å²) in [4.78, 5) is 6.95. The van der Waals surface area contributed by atoms with Gasteiger partial charge in [-0.3, -0.25) is 4.98 Å². The Kier molecular flexibility index (Phi) is 5.17. The minimum absolute atomic E-state index is 0.0260. The number of pyridine rings is 1. The molecule has 4 rings (SSSR count). The van der Waals surface area contributed by atoms with Gasteiger partial charge in [0.05, 0.1) is 17.8 Å². The molecule has 0 amide bonds. The molecule has 150 valence electrons. The predicted molar refractivity (Wildman–Crippen MR) is 122 cm³/mol. The Morgan fingerprint density at radius 3 is 2.38 bits per heavy atom. The highest BCUT2D eigenvalue weighted by molar-refractivity contribution is 7.80. The number of rotatable bonds is 4. The molecule has 1 saturated heterocycles. The van der Waals surface area contributed by atoms with Crippen LogP contribution in [0.2, 0.25) is 0 Å². The molecule has 0 aliphatic carbocycles. The van der Waals surface area contributed by atoms with Crippen molar-refractivity contribution in [3.63, 3.8) is 0 Å². The monoisotopic (exact) mass is 404 g/mol. The van der Waals surface area contributed by atoms with Gasteiger partial charge in [-0.15, -0.1) is 0 Å². The number of hydrogen-bond donors (Lipinski definition) is 1. The average molecular weight is 405 g/mol. The number of thiocarbonyl (C=S) groups is 1. The minimum atomic E-state index is 0.0260. The number of nitrogens with zero attached hydrogens (tertiary/aromatic N) is 3. The molecule has 1 aromatic carbocycles. The summed E-state index contributed by atoms with van der Waals surface area (Å²) in [5, 5.41) is 4.33. The van der Waals surface area contributed by atoms with Crippen LogP contribution in [0, 0.1) is 20.8 Å². The van der Waals surface area contributed by atoms with Crippen LogP contribution in [0.15, 0.2) is 54.7 Å². The number of aromatic nitrogens is 2. The van der Waals surface area contributed by atoms with Gasteiger partial charge in [0.2, 0.25) is 0 Å². The Morgan fingerprint density at radius 1 is 1.03 bits per heavy atom. The first-order chi connectivity index (χ1) is 13.9. The summed E-state index contributed by atoms with van der Waals surface area (Å²) in [6, 6.07) is 17.5. The lowest BCUT2D eigenvalue weighted by Gasteiger charge is -2.31. The van der Waals surface area contributed by atoms with Gasteiger partial charge in [0, 0.05) is 29.3 Å². The van der Waals surface area contributed by atoms with E-state index in [1.165, 1.54) is 28.2 Å². The second kappa shape index (κ2) is 7.64. The summed E-state index contributed by atoms with van der Waals surface area (Å²) >= 11 is 5.74. The second-order valence-corrected chi connectivity index (χ2v) is 8.51. The van der Waals surface area contributed by atoms with Gasteiger partial charge in [0.15, 0.2) is 5.11 Å². The summed E-state index contributed by atoms with van der Waals surface area (Å²) in [7, 11) is 0. The molecule has 2 aromatic heterocycles. The first kappa shape index (κ1) is 19.6. The number of nitrogens with one attached hydrogen (secondary N) is 1. The van der Waals surface area contributed by atoms with Gasteiger partial charge in [-0.2, -0.15) is 0 Å². The maximum absolute atomic E-state index is 5.74. The molecule has 1 aliphatic rings. The van der Waals surface area contributed by atoms with Crippen LogP contribution in [0.25, 0.3) is 5.69 Å². The van der Waals surface area contributed by atoms with E-state index in [0.29, 0.717) is 0 Å². The van der Waals surface area contributed by atoms with Crippen LogP contribution in [0.4, 0.5) is 0 Å². The van der Waals surface area contributed by atoms with E-state index in [2.05, 4.69) is 90.8 Å². The molecule has 4 nitrogen and oxygen atoms in total. The number of aryl methyl sites for hydroxylation is 2. The Bertz CT molecular complexity index is 1020. The molecule has 3 heterocycles. The molecular formula is C24H28N4S. The molecule has 0 spiro atoms. The van der Waals surface area contributed by atoms with Gasteiger partial charge in [-0.1, -0.05) is 23.8 Å². The highest BCUT2D eigenvalue weighted by Crippen LogP contribution is 2.42. The zero-order chi connectivity index (χ0) is 20.7. The van der Waals surface area contributed by atoms with Crippen LogP contribution in [0.1, 0.15) is 54.1 Å². The zero-order valence-corrected chi connectivity index (χ0v) is 18.5. The maximum Gasteiger partial charge on any atom is 0.170 e. The van der Waals surface area contributed by atoms with Crippen LogP contribution in [0.3, 0.4) is 0 Å². The van der Waals surface area contributed by atoms with Crippen molar-refractivity contribution < 1.29 is 0 Å². The number of hydrogen-bond acceptors (Lipinski definition) is 2. The topological polar surface area (TPSA) is 33.1 Å².